The van der Waals surface area contributed by atoms with E-state index < -0.39 is 15.3 Å². The maximum absolute atomic E-state index is 12.6. The van der Waals surface area contributed by atoms with Gasteiger partial charge in [0.1, 0.15) is 11.9 Å². The fourth-order valence-electron chi connectivity index (χ4n) is 4.02. The smallest absolute Gasteiger partial charge is 0.321 e. The molecule has 0 aliphatic carbocycles. The summed E-state index contributed by atoms with van der Waals surface area (Å²) in [6.45, 7) is 8.47. The number of hydrogen-bond acceptors (Lipinski definition) is 5. The van der Waals surface area contributed by atoms with Crippen LogP contribution in [-0.4, -0.2) is 62.0 Å². The van der Waals surface area contributed by atoms with Crippen LogP contribution in [0.3, 0.4) is 0 Å². The fourth-order valence-corrected chi connectivity index (χ4v) is 4.99. The number of ether oxygens (including phenoxy) is 2. The average molecular weight is 454 g/mol. The second kappa shape index (κ2) is 10.2. The number of urea groups is 1. The van der Waals surface area contributed by atoms with Crippen LogP contribution in [-0.2, 0) is 14.8 Å². The molecule has 2 N–H and O–H groups in total. The van der Waals surface area contributed by atoms with Crippen molar-refractivity contribution in [3.05, 3.63) is 24.3 Å². The zero-order valence-corrected chi connectivity index (χ0v) is 19.7. The number of amides is 2. The number of carbonyl (C=O) groups excluding carboxylic acids is 1. The van der Waals surface area contributed by atoms with E-state index in [9.17, 15) is 13.2 Å². The zero-order valence-electron chi connectivity index (χ0n) is 18.8. The van der Waals surface area contributed by atoms with Crippen molar-refractivity contribution in [1.29, 1.82) is 0 Å². The first-order valence-corrected chi connectivity index (χ1v) is 12.7. The number of nitrogens with one attached hydrogen (secondary N) is 2. The molecule has 8 nitrogen and oxygen atoms in total. The van der Waals surface area contributed by atoms with Crippen LogP contribution in [0.4, 0.5) is 10.5 Å². The van der Waals surface area contributed by atoms with E-state index >= 15 is 0 Å². The summed E-state index contributed by atoms with van der Waals surface area (Å²) < 4.78 is 38.6. The molecule has 2 unspecified atom stereocenters. The summed E-state index contributed by atoms with van der Waals surface area (Å²) in [6, 6.07) is 7.11. The Hall–Kier alpha value is -1.84. The number of likely N-dealkylation sites (tertiary alicyclic amines) is 1. The normalized spacial score (nSPS) is 25.5. The van der Waals surface area contributed by atoms with Gasteiger partial charge in [-0.05, 0) is 64.8 Å². The van der Waals surface area contributed by atoms with Gasteiger partial charge in [-0.25, -0.2) is 17.9 Å². The molecule has 2 amide bonds. The van der Waals surface area contributed by atoms with Crippen molar-refractivity contribution in [2.45, 2.75) is 83.0 Å². The molecule has 2 atom stereocenters. The van der Waals surface area contributed by atoms with Gasteiger partial charge < -0.3 is 19.7 Å². The molecule has 0 aromatic heterocycles. The van der Waals surface area contributed by atoms with Gasteiger partial charge in [0.25, 0.3) is 0 Å². The van der Waals surface area contributed by atoms with Gasteiger partial charge in [0.05, 0.1) is 17.5 Å². The first-order valence-electron chi connectivity index (χ1n) is 11.1. The van der Waals surface area contributed by atoms with Gasteiger partial charge in [-0.15, -0.1) is 0 Å². The third-order valence-corrected chi connectivity index (χ3v) is 7.70. The second-order valence-corrected chi connectivity index (χ2v) is 11.2. The topological polar surface area (TPSA) is 97.0 Å². The molecular formula is C22H35N3O5S. The van der Waals surface area contributed by atoms with E-state index in [-0.39, 0.29) is 30.4 Å². The van der Waals surface area contributed by atoms with Crippen LogP contribution >= 0.6 is 0 Å². The standard InChI is InChI=1S/C22H35N3O5S/c1-15(2)31(27,28)24-19-9-11-25(12-10-19)22(26)23-18-5-7-20(8-6-18)30-21-13-16(3)29-17(4)14-21/h5-8,15-17,19,21,24H,9-14H2,1-4H3,(H,23,26). The minimum absolute atomic E-state index is 0.122. The summed E-state index contributed by atoms with van der Waals surface area (Å²) in [5.74, 6) is 0.780. The Morgan fingerprint density at radius 1 is 1.10 bits per heavy atom. The first kappa shape index (κ1) is 23.8. The van der Waals surface area contributed by atoms with Gasteiger partial charge in [-0.3, -0.25) is 0 Å². The van der Waals surface area contributed by atoms with E-state index in [1.165, 1.54) is 0 Å². The molecule has 0 saturated carbocycles. The third kappa shape index (κ3) is 6.82. The van der Waals surface area contributed by atoms with E-state index in [0.717, 1.165) is 18.6 Å². The lowest BCUT2D eigenvalue weighted by atomic mass is 10.0. The van der Waals surface area contributed by atoms with Gasteiger partial charge in [0.15, 0.2) is 0 Å². The lowest BCUT2D eigenvalue weighted by Gasteiger charge is -2.33. The molecule has 0 bridgehead atoms. The lowest BCUT2D eigenvalue weighted by Crippen LogP contribution is -2.48. The molecule has 174 valence electrons. The van der Waals surface area contributed by atoms with Crippen LogP contribution in [0.5, 0.6) is 5.75 Å². The molecule has 0 spiro atoms. The molecule has 2 heterocycles. The van der Waals surface area contributed by atoms with E-state index in [1.54, 1.807) is 18.7 Å². The van der Waals surface area contributed by atoms with E-state index in [2.05, 4.69) is 23.9 Å². The van der Waals surface area contributed by atoms with Crippen LogP contribution in [0.2, 0.25) is 0 Å². The van der Waals surface area contributed by atoms with Gasteiger partial charge in [-0.1, -0.05) is 0 Å². The summed E-state index contributed by atoms with van der Waals surface area (Å²) >= 11 is 0. The molecule has 0 radical (unpaired) electrons. The number of benzene rings is 1. The molecule has 9 heteroatoms. The maximum Gasteiger partial charge on any atom is 0.321 e. The van der Waals surface area contributed by atoms with E-state index in [1.807, 2.05) is 24.3 Å². The summed E-state index contributed by atoms with van der Waals surface area (Å²) in [5.41, 5.74) is 0.702. The average Bonchev–Trinajstić information content (AvgIpc) is 2.69. The third-order valence-electron chi connectivity index (χ3n) is 5.80. The van der Waals surface area contributed by atoms with Crippen LogP contribution in [0.15, 0.2) is 24.3 Å². The zero-order chi connectivity index (χ0) is 22.6. The van der Waals surface area contributed by atoms with Crippen molar-refractivity contribution in [3.63, 3.8) is 0 Å². The number of anilines is 1. The van der Waals surface area contributed by atoms with Crippen molar-refractivity contribution in [3.8, 4) is 5.75 Å². The molecule has 2 fully saturated rings. The van der Waals surface area contributed by atoms with Crippen molar-refractivity contribution in [2.24, 2.45) is 0 Å². The Morgan fingerprint density at radius 3 is 2.23 bits per heavy atom. The quantitative estimate of drug-likeness (QED) is 0.689. The Morgan fingerprint density at radius 2 is 1.68 bits per heavy atom. The highest BCUT2D eigenvalue weighted by molar-refractivity contribution is 7.90. The predicted molar refractivity (Wildman–Crippen MR) is 121 cm³/mol. The summed E-state index contributed by atoms with van der Waals surface area (Å²) in [6.07, 6.45) is 3.46. The van der Waals surface area contributed by atoms with Crippen molar-refractivity contribution in [1.82, 2.24) is 9.62 Å². The highest BCUT2D eigenvalue weighted by Crippen LogP contribution is 2.25. The Kier molecular flexibility index (Phi) is 7.82. The first-order chi connectivity index (χ1) is 14.6. The molecular weight excluding hydrogens is 418 g/mol. The maximum atomic E-state index is 12.6. The Bertz CT molecular complexity index is 825. The fraction of sp³-hybridized carbons (Fsp3) is 0.682. The van der Waals surface area contributed by atoms with E-state index in [0.29, 0.717) is 31.6 Å². The SMILES string of the molecule is CC1CC(Oc2ccc(NC(=O)N3CCC(NS(=O)(=O)C(C)C)CC3)cc2)CC(C)O1. The van der Waals surface area contributed by atoms with Gasteiger partial charge in [0, 0.05) is 37.7 Å². The molecule has 1 aromatic rings. The number of nitrogens with zero attached hydrogens (tertiary/aromatic N) is 1. The molecule has 2 saturated heterocycles. The van der Waals surface area contributed by atoms with E-state index in [4.69, 9.17) is 9.47 Å². The molecule has 1 aromatic carbocycles. The number of hydrogen-bond donors (Lipinski definition) is 2. The minimum atomic E-state index is -3.29. The van der Waals surface area contributed by atoms with Crippen molar-refractivity contribution in [2.75, 3.05) is 18.4 Å². The number of rotatable bonds is 6. The molecule has 2 aliphatic rings. The largest absolute Gasteiger partial charge is 0.490 e. The monoisotopic (exact) mass is 453 g/mol. The Balaban J connectivity index is 1.46. The summed E-state index contributed by atoms with van der Waals surface area (Å²) in [5, 5.41) is 2.45. The molecule has 3 rings (SSSR count). The minimum Gasteiger partial charge on any atom is -0.490 e. The van der Waals surface area contributed by atoms with Gasteiger partial charge in [-0.2, -0.15) is 0 Å². The highest BCUT2D eigenvalue weighted by atomic mass is 32.2. The van der Waals surface area contributed by atoms with Gasteiger partial charge >= 0.3 is 6.03 Å². The number of sulfonamides is 1. The van der Waals surface area contributed by atoms with Gasteiger partial charge in [0.2, 0.25) is 10.0 Å². The van der Waals surface area contributed by atoms with Crippen LogP contribution in [0.1, 0.15) is 53.4 Å². The van der Waals surface area contributed by atoms with Crippen molar-refractivity contribution >= 4 is 21.7 Å². The molecule has 2 aliphatic heterocycles. The lowest BCUT2D eigenvalue weighted by molar-refractivity contribution is -0.0721. The Labute approximate surface area is 185 Å². The summed E-state index contributed by atoms with van der Waals surface area (Å²) in [7, 11) is -3.29. The van der Waals surface area contributed by atoms with Crippen molar-refractivity contribution < 1.29 is 22.7 Å². The van der Waals surface area contributed by atoms with Crippen LogP contribution in [0.25, 0.3) is 0 Å². The number of carbonyl (C=O) groups is 1. The van der Waals surface area contributed by atoms with Crippen LogP contribution < -0.4 is 14.8 Å². The predicted octanol–water partition coefficient (Wildman–Crippen LogP) is 3.35. The number of piperidine rings is 1. The van der Waals surface area contributed by atoms with Crippen LogP contribution in [0, 0.1) is 0 Å². The molecule has 31 heavy (non-hydrogen) atoms. The highest BCUT2D eigenvalue weighted by Gasteiger charge is 2.28. The second-order valence-electron chi connectivity index (χ2n) is 8.90. The summed E-state index contributed by atoms with van der Waals surface area (Å²) in [4.78, 5) is 14.3.